The molecular weight excluding hydrogens is 417 g/mol. The van der Waals surface area contributed by atoms with Crippen molar-refractivity contribution < 1.29 is 13.7 Å². The minimum absolute atomic E-state index is 0.127. The molecule has 0 saturated carbocycles. The molecule has 1 fully saturated rings. The second-order valence-corrected chi connectivity index (χ2v) is 8.11. The topological polar surface area (TPSA) is 49.6 Å². The standard InChI is InChI=1S/C27H24FN3O2/c28-23-14-8-7-13-22(23)24-19-25(33-29-24)27(32)31-17-15-30(16-18-31)26(20-9-3-1-4-10-20)21-11-5-2-6-12-21/h1-14,19,26H,15-18H2. The number of halogens is 1. The number of rotatable bonds is 5. The highest BCUT2D eigenvalue weighted by Gasteiger charge is 2.30. The van der Waals surface area contributed by atoms with Crippen LogP contribution in [0.2, 0.25) is 0 Å². The molecular formula is C27H24FN3O2. The maximum absolute atomic E-state index is 14.1. The number of amides is 1. The van der Waals surface area contributed by atoms with Crippen molar-refractivity contribution in [1.29, 1.82) is 0 Å². The van der Waals surface area contributed by atoms with Gasteiger partial charge in [-0.05, 0) is 23.3 Å². The van der Waals surface area contributed by atoms with Gasteiger partial charge < -0.3 is 9.42 Å². The van der Waals surface area contributed by atoms with E-state index < -0.39 is 5.82 Å². The largest absolute Gasteiger partial charge is 0.350 e. The molecule has 0 N–H and O–H groups in total. The van der Waals surface area contributed by atoms with Gasteiger partial charge in [0.05, 0.1) is 6.04 Å². The first kappa shape index (κ1) is 21.1. The van der Waals surface area contributed by atoms with Crippen LogP contribution in [0, 0.1) is 5.82 Å². The predicted octanol–water partition coefficient (Wildman–Crippen LogP) is 5.03. The van der Waals surface area contributed by atoms with E-state index in [-0.39, 0.29) is 17.7 Å². The van der Waals surface area contributed by atoms with E-state index in [0.29, 0.717) is 24.3 Å². The van der Waals surface area contributed by atoms with Gasteiger partial charge in [-0.3, -0.25) is 9.69 Å². The number of piperazine rings is 1. The van der Waals surface area contributed by atoms with Crippen molar-refractivity contribution in [2.75, 3.05) is 26.2 Å². The number of hydrogen-bond donors (Lipinski definition) is 0. The fourth-order valence-electron chi connectivity index (χ4n) is 4.40. The minimum atomic E-state index is -0.397. The highest BCUT2D eigenvalue weighted by atomic mass is 19.1. The zero-order valence-corrected chi connectivity index (χ0v) is 18.1. The molecule has 0 unspecified atom stereocenters. The molecule has 6 heteroatoms. The average molecular weight is 442 g/mol. The monoisotopic (exact) mass is 441 g/mol. The van der Waals surface area contributed by atoms with Crippen molar-refractivity contribution in [3.05, 3.63) is 114 Å². The van der Waals surface area contributed by atoms with Crippen LogP contribution in [-0.2, 0) is 0 Å². The van der Waals surface area contributed by atoms with Crippen LogP contribution < -0.4 is 0 Å². The van der Waals surface area contributed by atoms with Crippen molar-refractivity contribution in [2.24, 2.45) is 0 Å². The van der Waals surface area contributed by atoms with Crippen molar-refractivity contribution in [3.63, 3.8) is 0 Å². The summed E-state index contributed by atoms with van der Waals surface area (Å²) in [6, 6.07) is 28.8. The number of aromatic nitrogens is 1. The molecule has 5 rings (SSSR count). The van der Waals surface area contributed by atoms with E-state index in [4.69, 9.17) is 4.52 Å². The molecule has 1 saturated heterocycles. The zero-order valence-electron chi connectivity index (χ0n) is 18.1. The first-order valence-corrected chi connectivity index (χ1v) is 11.1. The van der Waals surface area contributed by atoms with Gasteiger partial charge in [0, 0.05) is 37.8 Å². The maximum atomic E-state index is 14.1. The summed E-state index contributed by atoms with van der Waals surface area (Å²) in [4.78, 5) is 17.2. The van der Waals surface area contributed by atoms with Crippen LogP contribution in [0.25, 0.3) is 11.3 Å². The van der Waals surface area contributed by atoms with Crippen LogP contribution in [0.3, 0.4) is 0 Å². The molecule has 33 heavy (non-hydrogen) atoms. The third kappa shape index (κ3) is 4.43. The molecule has 1 aliphatic rings. The number of benzene rings is 3. The highest BCUT2D eigenvalue weighted by Crippen LogP contribution is 2.30. The van der Waals surface area contributed by atoms with Gasteiger partial charge in [0.25, 0.3) is 5.91 Å². The lowest BCUT2D eigenvalue weighted by Gasteiger charge is -2.39. The first-order valence-electron chi connectivity index (χ1n) is 11.1. The summed E-state index contributed by atoms with van der Waals surface area (Å²) in [7, 11) is 0. The Morgan fingerprint density at radius 2 is 1.39 bits per heavy atom. The van der Waals surface area contributed by atoms with E-state index in [0.717, 1.165) is 13.1 Å². The van der Waals surface area contributed by atoms with E-state index in [1.165, 1.54) is 23.3 Å². The van der Waals surface area contributed by atoms with Gasteiger partial charge in [-0.2, -0.15) is 0 Å². The summed E-state index contributed by atoms with van der Waals surface area (Å²) < 4.78 is 19.3. The Bertz CT molecular complexity index is 1180. The van der Waals surface area contributed by atoms with Gasteiger partial charge >= 0.3 is 0 Å². The van der Waals surface area contributed by atoms with Gasteiger partial charge in [-0.15, -0.1) is 0 Å². The van der Waals surface area contributed by atoms with Crippen molar-refractivity contribution in [2.45, 2.75) is 6.04 Å². The van der Waals surface area contributed by atoms with Crippen LogP contribution in [-0.4, -0.2) is 47.0 Å². The minimum Gasteiger partial charge on any atom is -0.350 e. The van der Waals surface area contributed by atoms with Crippen molar-refractivity contribution in [1.82, 2.24) is 15.0 Å². The molecule has 0 aliphatic carbocycles. The summed E-state index contributed by atoms with van der Waals surface area (Å²) in [5, 5.41) is 3.91. The summed E-state index contributed by atoms with van der Waals surface area (Å²) >= 11 is 0. The second kappa shape index (κ2) is 9.38. The quantitative estimate of drug-likeness (QED) is 0.436. The van der Waals surface area contributed by atoms with Gasteiger partial charge in [-0.1, -0.05) is 78.0 Å². The second-order valence-electron chi connectivity index (χ2n) is 8.11. The van der Waals surface area contributed by atoms with Crippen LogP contribution in [0.15, 0.2) is 95.5 Å². The summed E-state index contributed by atoms with van der Waals surface area (Å²) in [6.07, 6.45) is 0. The molecule has 3 aromatic carbocycles. The summed E-state index contributed by atoms with van der Waals surface area (Å²) in [6.45, 7) is 2.61. The van der Waals surface area contributed by atoms with E-state index in [9.17, 15) is 9.18 Å². The molecule has 0 bridgehead atoms. The van der Waals surface area contributed by atoms with Gasteiger partial charge in [0.1, 0.15) is 11.5 Å². The first-order chi connectivity index (χ1) is 16.2. The Morgan fingerprint density at radius 1 is 0.818 bits per heavy atom. The van der Waals surface area contributed by atoms with Crippen LogP contribution in [0.4, 0.5) is 4.39 Å². The van der Waals surface area contributed by atoms with Gasteiger partial charge in [0.15, 0.2) is 0 Å². The fraction of sp³-hybridized carbons (Fsp3) is 0.185. The Kier molecular flexibility index (Phi) is 6.00. The molecule has 1 amide bonds. The fourth-order valence-corrected chi connectivity index (χ4v) is 4.40. The zero-order chi connectivity index (χ0) is 22.6. The van der Waals surface area contributed by atoms with Crippen LogP contribution in [0.1, 0.15) is 27.7 Å². The molecule has 4 aromatic rings. The lowest BCUT2D eigenvalue weighted by atomic mass is 9.96. The number of nitrogens with zero attached hydrogens (tertiary/aromatic N) is 3. The lowest BCUT2D eigenvalue weighted by Crippen LogP contribution is -2.49. The van der Waals surface area contributed by atoms with Gasteiger partial charge in [0.2, 0.25) is 5.76 Å². The highest BCUT2D eigenvalue weighted by molar-refractivity contribution is 5.92. The molecule has 1 aromatic heterocycles. The smallest absolute Gasteiger partial charge is 0.292 e. The third-order valence-electron chi connectivity index (χ3n) is 6.07. The number of hydrogen-bond acceptors (Lipinski definition) is 4. The molecule has 0 radical (unpaired) electrons. The Balaban J connectivity index is 1.30. The number of carbonyl (C=O) groups is 1. The van der Waals surface area contributed by atoms with E-state index >= 15 is 0 Å². The van der Waals surface area contributed by atoms with Crippen molar-refractivity contribution in [3.8, 4) is 11.3 Å². The molecule has 2 heterocycles. The third-order valence-corrected chi connectivity index (χ3v) is 6.07. The molecule has 0 spiro atoms. The maximum Gasteiger partial charge on any atom is 0.292 e. The van der Waals surface area contributed by atoms with Gasteiger partial charge in [-0.25, -0.2) is 4.39 Å². The normalized spacial score (nSPS) is 14.5. The molecule has 0 atom stereocenters. The average Bonchev–Trinajstić information content (AvgIpc) is 3.36. The van der Waals surface area contributed by atoms with E-state index in [2.05, 4.69) is 58.6 Å². The Hall–Kier alpha value is -3.77. The Labute approximate surface area is 192 Å². The van der Waals surface area contributed by atoms with Crippen molar-refractivity contribution >= 4 is 5.91 Å². The summed E-state index contributed by atoms with van der Waals surface area (Å²) in [5.74, 6) is -0.489. The Morgan fingerprint density at radius 3 is 2.00 bits per heavy atom. The predicted molar refractivity (Wildman–Crippen MR) is 124 cm³/mol. The van der Waals surface area contributed by atoms with E-state index in [1.807, 2.05) is 12.1 Å². The lowest BCUT2D eigenvalue weighted by molar-refractivity contribution is 0.0559. The molecule has 1 aliphatic heterocycles. The van der Waals surface area contributed by atoms with E-state index in [1.54, 1.807) is 23.1 Å². The van der Waals surface area contributed by atoms with Crippen LogP contribution in [0.5, 0.6) is 0 Å². The number of carbonyl (C=O) groups excluding carboxylic acids is 1. The SMILES string of the molecule is O=C(c1cc(-c2ccccc2F)no1)N1CCN(C(c2ccccc2)c2ccccc2)CC1. The van der Waals surface area contributed by atoms with Crippen LogP contribution >= 0.6 is 0 Å². The molecule has 166 valence electrons. The molecule has 5 nitrogen and oxygen atoms in total. The summed E-state index contributed by atoms with van der Waals surface area (Å²) in [5.41, 5.74) is 3.10.